The molecule has 0 saturated carbocycles. The predicted octanol–water partition coefficient (Wildman–Crippen LogP) is 3.42. The molecule has 1 N–H and O–H groups in total. The summed E-state index contributed by atoms with van der Waals surface area (Å²) in [6.45, 7) is 5.53. The molecule has 2 rings (SSSR count). The summed E-state index contributed by atoms with van der Waals surface area (Å²) in [5.41, 5.74) is 3.67. The van der Waals surface area contributed by atoms with E-state index in [4.69, 9.17) is 0 Å². The van der Waals surface area contributed by atoms with Crippen molar-refractivity contribution in [1.82, 2.24) is 10.2 Å². The quantitative estimate of drug-likeness (QED) is 0.922. The lowest BCUT2D eigenvalue weighted by molar-refractivity contribution is 0.102. The number of hydrogen-bond acceptors (Lipinski definition) is 3. The fourth-order valence-corrected chi connectivity index (χ4v) is 2.08. The first-order chi connectivity index (χ1) is 8.99. The molecule has 0 saturated heterocycles. The van der Waals surface area contributed by atoms with Crippen molar-refractivity contribution >= 4 is 27.5 Å². The molecule has 0 aliphatic rings. The van der Waals surface area contributed by atoms with Crippen molar-refractivity contribution < 1.29 is 4.79 Å². The van der Waals surface area contributed by atoms with Crippen molar-refractivity contribution in [2.75, 3.05) is 5.32 Å². The topological polar surface area (TPSA) is 54.9 Å². The maximum absolute atomic E-state index is 12.3. The first kappa shape index (κ1) is 13.7. The second-order valence-electron chi connectivity index (χ2n) is 4.35. The summed E-state index contributed by atoms with van der Waals surface area (Å²) in [6.07, 6.45) is 0. The van der Waals surface area contributed by atoms with E-state index in [1.807, 2.05) is 32.0 Å². The summed E-state index contributed by atoms with van der Waals surface area (Å²) in [4.78, 5) is 12.3. The van der Waals surface area contributed by atoms with E-state index >= 15 is 0 Å². The number of carbonyl (C=O) groups is 1. The Bertz CT molecular complexity index is 641. The monoisotopic (exact) mass is 319 g/mol. The smallest absolute Gasteiger partial charge is 0.257 e. The SMILES string of the molecule is Cc1cc(C(=O)Nc2cccc(Br)c2C)c(C)nn1. The third-order valence-electron chi connectivity index (χ3n) is 2.86. The molecule has 0 atom stereocenters. The summed E-state index contributed by atoms with van der Waals surface area (Å²) in [5.74, 6) is -0.170. The second kappa shape index (κ2) is 5.48. The maximum atomic E-state index is 12.3. The minimum absolute atomic E-state index is 0.170. The molecule has 2 aromatic rings. The Morgan fingerprint density at radius 2 is 1.95 bits per heavy atom. The Labute approximate surface area is 120 Å². The molecule has 5 heteroatoms. The molecule has 1 heterocycles. The highest BCUT2D eigenvalue weighted by Gasteiger charge is 2.12. The number of nitrogens with zero attached hydrogens (tertiary/aromatic N) is 2. The number of carbonyl (C=O) groups excluding carboxylic acids is 1. The van der Waals surface area contributed by atoms with E-state index in [2.05, 4.69) is 31.4 Å². The number of halogens is 1. The lowest BCUT2D eigenvalue weighted by atomic mass is 10.1. The number of amides is 1. The van der Waals surface area contributed by atoms with Crippen LogP contribution in [0, 0.1) is 20.8 Å². The van der Waals surface area contributed by atoms with Gasteiger partial charge in [0, 0.05) is 10.2 Å². The van der Waals surface area contributed by atoms with Crippen LogP contribution < -0.4 is 5.32 Å². The molecule has 0 bridgehead atoms. The average molecular weight is 320 g/mol. The number of aryl methyl sites for hydroxylation is 2. The van der Waals surface area contributed by atoms with Crippen LogP contribution in [-0.4, -0.2) is 16.1 Å². The van der Waals surface area contributed by atoms with Crippen molar-refractivity contribution in [1.29, 1.82) is 0 Å². The molecule has 0 unspecified atom stereocenters. The van der Waals surface area contributed by atoms with Gasteiger partial charge in [-0.2, -0.15) is 10.2 Å². The molecule has 1 amide bonds. The maximum Gasteiger partial charge on any atom is 0.257 e. The normalized spacial score (nSPS) is 10.3. The number of aromatic nitrogens is 2. The molecule has 98 valence electrons. The summed E-state index contributed by atoms with van der Waals surface area (Å²) in [5, 5.41) is 10.8. The van der Waals surface area contributed by atoms with Crippen molar-refractivity contribution in [3.05, 3.63) is 51.3 Å². The van der Waals surface area contributed by atoms with Gasteiger partial charge in [0.2, 0.25) is 0 Å². The fourth-order valence-electron chi connectivity index (χ4n) is 1.71. The first-order valence-corrected chi connectivity index (χ1v) is 6.65. The fraction of sp³-hybridized carbons (Fsp3) is 0.214. The van der Waals surface area contributed by atoms with Gasteiger partial charge in [-0.3, -0.25) is 4.79 Å². The summed E-state index contributed by atoms with van der Waals surface area (Å²) in [6, 6.07) is 7.43. The van der Waals surface area contributed by atoms with Crippen molar-refractivity contribution in [3.63, 3.8) is 0 Å². The third kappa shape index (κ3) is 2.98. The van der Waals surface area contributed by atoms with Crippen LogP contribution >= 0.6 is 15.9 Å². The Morgan fingerprint density at radius 3 is 2.68 bits per heavy atom. The molecule has 0 spiro atoms. The highest BCUT2D eigenvalue weighted by atomic mass is 79.9. The van der Waals surface area contributed by atoms with E-state index in [1.54, 1.807) is 13.0 Å². The largest absolute Gasteiger partial charge is 0.322 e. The Hall–Kier alpha value is -1.75. The minimum Gasteiger partial charge on any atom is -0.322 e. The zero-order valence-corrected chi connectivity index (χ0v) is 12.6. The average Bonchev–Trinajstić information content (AvgIpc) is 2.38. The van der Waals surface area contributed by atoms with Gasteiger partial charge < -0.3 is 5.32 Å². The van der Waals surface area contributed by atoms with Crippen LogP contribution in [0.5, 0.6) is 0 Å². The van der Waals surface area contributed by atoms with Gasteiger partial charge in [0.05, 0.1) is 17.0 Å². The van der Waals surface area contributed by atoms with Crippen molar-refractivity contribution in [3.8, 4) is 0 Å². The third-order valence-corrected chi connectivity index (χ3v) is 3.72. The summed E-state index contributed by atoms with van der Waals surface area (Å²) >= 11 is 3.44. The van der Waals surface area contributed by atoms with Gasteiger partial charge in [-0.15, -0.1) is 0 Å². The first-order valence-electron chi connectivity index (χ1n) is 5.86. The molecule has 0 fully saturated rings. The van der Waals surface area contributed by atoms with Crippen molar-refractivity contribution in [2.24, 2.45) is 0 Å². The predicted molar refractivity (Wildman–Crippen MR) is 78.3 cm³/mol. The van der Waals surface area contributed by atoms with Gasteiger partial charge in [-0.25, -0.2) is 0 Å². The van der Waals surface area contributed by atoms with Crippen LogP contribution in [0.4, 0.5) is 5.69 Å². The minimum atomic E-state index is -0.170. The molecular weight excluding hydrogens is 306 g/mol. The number of hydrogen-bond donors (Lipinski definition) is 1. The number of benzene rings is 1. The molecule has 1 aromatic carbocycles. The van der Waals surface area contributed by atoms with Gasteiger partial charge in [-0.05, 0) is 44.5 Å². The molecule has 4 nitrogen and oxygen atoms in total. The van der Waals surface area contributed by atoms with Crippen LogP contribution in [0.25, 0.3) is 0 Å². The van der Waals surface area contributed by atoms with Gasteiger partial charge in [0.25, 0.3) is 5.91 Å². The lowest BCUT2D eigenvalue weighted by Gasteiger charge is -2.10. The van der Waals surface area contributed by atoms with Crippen LogP contribution in [0.2, 0.25) is 0 Å². The molecule has 0 aliphatic carbocycles. The van der Waals surface area contributed by atoms with E-state index in [9.17, 15) is 4.79 Å². The number of anilines is 1. The highest BCUT2D eigenvalue weighted by Crippen LogP contribution is 2.24. The standard InChI is InChI=1S/C14H14BrN3O/c1-8-7-11(10(3)18-17-8)14(19)16-13-6-4-5-12(15)9(13)2/h4-7H,1-3H3,(H,16,19). The van der Waals surface area contributed by atoms with Crippen LogP contribution in [0.3, 0.4) is 0 Å². The molecule has 0 aliphatic heterocycles. The van der Waals surface area contributed by atoms with E-state index in [0.717, 1.165) is 21.4 Å². The van der Waals surface area contributed by atoms with E-state index in [1.165, 1.54) is 0 Å². The molecule has 0 radical (unpaired) electrons. The number of rotatable bonds is 2. The van der Waals surface area contributed by atoms with Gasteiger partial charge in [0.15, 0.2) is 0 Å². The molecule has 1 aromatic heterocycles. The van der Waals surface area contributed by atoms with Crippen LogP contribution in [-0.2, 0) is 0 Å². The van der Waals surface area contributed by atoms with E-state index < -0.39 is 0 Å². The highest BCUT2D eigenvalue weighted by molar-refractivity contribution is 9.10. The van der Waals surface area contributed by atoms with Crippen LogP contribution in [0.1, 0.15) is 27.3 Å². The summed E-state index contributed by atoms with van der Waals surface area (Å²) < 4.78 is 0.964. The molecular formula is C14H14BrN3O. The summed E-state index contributed by atoms with van der Waals surface area (Å²) in [7, 11) is 0. The Balaban J connectivity index is 2.31. The van der Waals surface area contributed by atoms with E-state index in [0.29, 0.717) is 11.3 Å². The zero-order valence-electron chi connectivity index (χ0n) is 11.0. The number of nitrogens with one attached hydrogen (secondary N) is 1. The van der Waals surface area contributed by atoms with Gasteiger partial charge >= 0.3 is 0 Å². The van der Waals surface area contributed by atoms with Gasteiger partial charge in [0.1, 0.15) is 0 Å². The molecule has 19 heavy (non-hydrogen) atoms. The Kier molecular flexibility index (Phi) is 3.95. The zero-order chi connectivity index (χ0) is 14.0. The van der Waals surface area contributed by atoms with E-state index in [-0.39, 0.29) is 5.91 Å². The second-order valence-corrected chi connectivity index (χ2v) is 5.21. The van der Waals surface area contributed by atoms with Crippen LogP contribution in [0.15, 0.2) is 28.7 Å². The van der Waals surface area contributed by atoms with Crippen molar-refractivity contribution in [2.45, 2.75) is 20.8 Å². The lowest BCUT2D eigenvalue weighted by Crippen LogP contribution is -2.15. The van der Waals surface area contributed by atoms with Gasteiger partial charge in [-0.1, -0.05) is 22.0 Å². The Morgan fingerprint density at radius 1 is 1.21 bits per heavy atom.